The minimum atomic E-state index is -0.746. The van der Waals surface area contributed by atoms with Gasteiger partial charge in [0.25, 0.3) is 11.9 Å². The summed E-state index contributed by atoms with van der Waals surface area (Å²) < 4.78 is 5.69. The van der Waals surface area contributed by atoms with Gasteiger partial charge in [0.15, 0.2) is 17.1 Å². The molecule has 1 unspecified atom stereocenters. The van der Waals surface area contributed by atoms with Crippen LogP contribution < -0.4 is 27.0 Å². The molecule has 11 heteroatoms. The van der Waals surface area contributed by atoms with Crippen LogP contribution in [0.25, 0.3) is 11.1 Å². The predicted octanol–water partition coefficient (Wildman–Crippen LogP) is 1.20. The van der Waals surface area contributed by atoms with E-state index >= 15 is 0 Å². The maximum Gasteiger partial charge on any atom is 0.297 e. The van der Waals surface area contributed by atoms with Gasteiger partial charge < -0.3 is 31.4 Å². The molecule has 0 aliphatic heterocycles. The Kier molecular flexibility index (Phi) is 5.48. The second kappa shape index (κ2) is 8.00. The Morgan fingerprint density at radius 2 is 2.00 bits per heavy atom. The molecule has 3 rings (SSSR count). The van der Waals surface area contributed by atoms with Gasteiger partial charge >= 0.3 is 0 Å². The smallest absolute Gasteiger partial charge is 0.297 e. The fourth-order valence-electron chi connectivity index (χ4n) is 2.60. The largest absolute Gasteiger partial charge is 0.423 e. The number of primary amides is 2. The van der Waals surface area contributed by atoms with Crippen molar-refractivity contribution in [3.63, 3.8) is 0 Å². The summed E-state index contributed by atoms with van der Waals surface area (Å²) in [6.45, 7) is 1.81. The van der Waals surface area contributed by atoms with Gasteiger partial charge in [0.05, 0.1) is 6.20 Å². The molecule has 6 N–H and O–H groups in total. The Morgan fingerprint density at radius 1 is 1.24 bits per heavy atom. The van der Waals surface area contributed by atoms with E-state index in [1.165, 1.54) is 6.20 Å². The van der Waals surface area contributed by atoms with Crippen LogP contribution in [0.4, 0.5) is 23.3 Å². The Labute approximate surface area is 166 Å². The van der Waals surface area contributed by atoms with Crippen LogP contribution >= 0.6 is 0 Å². The molecular weight excluding hydrogens is 376 g/mol. The first-order chi connectivity index (χ1) is 13.8. The monoisotopic (exact) mass is 398 g/mol. The second-order valence-corrected chi connectivity index (χ2v) is 6.52. The fraction of sp³-hybridized carbons (Fsp3) is 0.278. The molecule has 11 nitrogen and oxygen atoms in total. The van der Waals surface area contributed by atoms with Gasteiger partial charge in [-0.25, -0.2) is 9.97 Å². The normalized spacial score (nSPS) is 11.8. The van der Waals surface area contributed by atoms with Crippen molar-refractivity contribution >= 4 is 46.3 Å². The topological polar surface area (TPSA) is 165 Å². The molecule has 0 saturated heterocycles. The number of oxazole rings is 1. The Hall–Kier alpha value is -3.89. The molecule has 2 aromatic heterocycles. The lowest BCUT2D eigenvalue weighted by Crippen LogP contribution is -2.35. The summed E-state index contributed by atoms with van der Waals surface area (Å²) >= 11 is 0. The number of amides is 2. The highest BCUT2D eigenvalue weighted by atomic mass is 16.4. The molecule has 0 aliphatic carbocycles. The third kappa shape index (κ3) is 4.34. The molecule has 2 heterocycles. The third-order valence-corrected chi connectivity index (χ3v) is 4.10. The van der Waals surface area contributed by atoms with Crippen molar-refractivity contribution in [2.75, 3.05) is 29.6 Å². The number of aromatic nitrogens is 3. The minimum Gasteiger partial charge on any atom is -0.423 e. The average molecular weight is 398 g/mol. The van der Waals surface area contributed by atoms with E-state index in [0.717, 1.165) is 0 Å². The van der Waals surface area contributed by atoms with E-state index in [9.17, 15) is 9.59 Å². The summed E-state index contributed by atoms with van der Waals surface area (Å²) in [5.41, 5.74) is 12.5. The van der Waals surface area contributed by atoms with Crippen LogP contribution in [-0.2, 0) is 4.79 Å². The number of carbonyl (C=O) groups excluding carboxylic acids is 2. The number of nitrogens with zero attached hydrogens (tertiary/aromatic N) is 4. The molecule has 2 amide bonds. The first kappa shape index (κ1) is 19.9. The van der Waals surface area contributed by atoms with E-state index in [-0.39, 0.29) is 17.3 Å². The summed E-state index contributed by atoms with van der Waals surface area (Å²) in [6, 6.07) is 5.10. The van der Waals surface area contributed by atoms with E-state index in [1.807, 2.05) is 14.1 Å². The van der Waals surface area contributed by atoms with E-state index in [4.69, 9.17) is 15.9 Å². The zero-order chi connectivity index (χ0) is 21.1. The number of rotatable bonds is 8. The lowest BCUT2D eigenvalue weighted by Gasteiger charge is -2.15. The average Bonchev–Trinajstić information content (AvgIpc) is 3.09. The third-order valence-electron chi connectivity index (χ3n) is 4.10. The van der Waals surface area contributed by atoms with Crippen LogP contribution in [0.1, 0.15) is 23.8 Å². The zero-order valence-corrected chi connectivity index (χ0v) is 16.3. The number of carbonyl (C=O) groups is 2. The van der Waals surface area contributed by atoms with Crippen molar-refractivity contribution in [3.8, 4) is 0 Å². The molecule has 1 aromatic carbocycles. The number of hydrogen-bond donors (Lipinski definition) is 4. The van der Waals surface area contributed by atoms with Gasteiger partial charge in [-0.1, -0.05) is 6.92 Å². The lowest BCUT2D eigenvalue weighted by atomic mass is 10.2. The van der Waals surface area contributed by atoms with Gasteiger partial charge in [-0.2, -0.15) is 4.98 Å². The molecule has 0 fully saturated rings. The van der Waals surface area contributed by atoms with Gasteiger partial charge in [0.1, 0.15) is 17.4 Å². The van der Waals surface area contributed by atoms with E-state index in [2.05, 4.69) is 25.6 Å². The fourth-order valence-corrected chi connectivity index (χ4v) is 2.60. The molecule has 0 bridgehead atoms. The maximum atomic E-state index is 11.8. The predicted molar refractivity (Wildman–Crippen MR) is 109 cm³/mol. The van der Waals surface area contributed by atoms with Crippen molar-refractivity contribution in [1.29, 1.82) is 0 Å². The molecular formula is C18H22N8O3. The van der Waals surface area contributed by atoms with Crippen LogP contribution in [0.3, 0.4) is 0 Å². The van der Waals surface area contributed by atoms with Crippen LogP contribution in [-0.4, -0.2) is 46.9 Å². The molecule has 3 aromatic rings. The number of anilines is 4. The maximum absolute atomic E-state index is 11.8. The Bertz CT molecular complexity index is 1060. The van der Waals surface area contributed by atoms with Crippen LogP contribution in [0.2, 0.25) is 0 Å². The summed E-state index contributed by atoms with van der Waals surface area (Å²) in [4.78, 5) is 37.7. The van der Waals surface area contributed by atoms with E-state index in [1.54, 1.807) is 30.0 Å². The Morgan fingerprint density at radius 3 is 2.62 bits per heavy atom. The van der Waals surface area contributed by atoms with Crippen LogP contribution in [0.5, 0.6) is 0 Å². The molecule has 1 atom stereocenters. The summed E-state index contributed by atoms with van der Waals surface area (Å²) in [7, 11) is 3.65. The molecule has 152 valence electrons. The number of benzene rings is 1. The summed E-state index contributed by atoms with van der Waals surface area (Å²) in [5, 5.41) is 5.90. The summed E-state index contributed by atoms with van der Waals surface area (Å²) in [6.07, 6.45) is 1.79. The van der Waals surface area contributed by atoms with Crippen molar-refractivity contribution in [3.05, 3.63) is 30.1 Å². The SMILES string of the molecule is CCC(Nc1cnc(C(N)=O)c(Nc2ccc3nc(N(C)C)oc3c2)n1)C(N)=O. The highest BCUT2D eigenvalue weighted by molar-refractivity contribution is 5.96. The number of nitrogens with one attached hydrogen (secondary N) is 2. The highest BCUT2D eigenvalue weighted by Gasteiger charge is 2.17. The van der Waals surface area contributed by atoms with Crippen LogP contribution in [0, 0.1) is 0 Å². The van der Waals surface area contributed by atoms with Gasteiger partial charge in [-0.05, 0) is 18.6 Å². The lowest BCUT2D eigenvalue weighted by molar-refractivity contribution is -0.118. The van der Waals surface area contributed by atoms with E-state index in [0.29, 0.717) is 29.2 Å². The minimum absolute atomic E-state index is 0.0469. The van der Waals surface area contributed by atoms with Gasteiger partial charge in [0, 0.05) is 25.8 Å². The van der Waals surface area contributed by atoms with Crippen LogP contribution in [0.15, 0.2) is 28.8 Å². The zero-order valence-electron chi connectivity index (χ0n) is 16.3. The molecule has 0 aliphatic rings. The molecule has 29 heavy (non-hydrogen) atoms. The molecule has 0 spiro atoms. The first-order valence-electron chi connectivity index (χ1n) is 8.86. The van der Waals surface area contributed by atoms with Crippen molar-refractivity contribution in [2.45, 2.75) is 19.4 Å². The quantitative estimate of drug-likeness (QED) is 0.436. The van der Waals surface area contributed by atoms with E-state index < -0.39 is 17.9 Å². The molecule has 0 radical (unpaired) electrons. The highest BCUT2D eigenvalue weighted by Crippen LogP contribution is 2.26. The first-order valence-corrected chi connectivity index (χ1v) is 8.86. The van der Waals surface area contributed by atoms with Gasteiger partial charge in [-0.15, -0.1) is 0 Å². The molecule has 0 saturated carbocycles. The number of hydrogen-bond acceptors (Lipinski definition) is 9. The Balaban J connectivity index is 1.93. The second-order valence-electron chi connectivity index (χ2n) is 6.52. The van der Waals surface area contributed by atoms with Gasteiger partial charge in [0.2, 0.25) is 5.91 Å². The standard InChI is InChI=1S/C18H22N8O3/c1-4-10(15(19)27)23-13-8-21-14(16(20)28)17(25-13)22-9-5-6-11-12(7-9)29-18(24-11)26(2)3/h5-8,10H,4H2,1-3H3,(H2,19,27)(H2,20,28)(H2,22,23,25). The number of fused-ring (bicyclic) bond motifs is 1. The summed E-state index contributed by atoms with van der Waals surface area (Å²) in [5.74, 6) is -0.855. The van der Waals surface area contributed by atoms with Crippen molar-refractivity contribution in [1.82, 2.24) is 15.0 Å². The number of nitrogens with two attached hydrogens (primary N) is 2. The van der Waals surface area contributed by atoms with Crippen molar-refractivity contribution in [2.24, 2.45) is 11.5 Å². The van der Waals surface area contributed by atoms with Gasteiger partial charge in [-0.3, -0.25) is 9.59 Å². The van der Waals surface area contributed by atoms with Crippen molar-refractivity contribution < 1.29 is 14.0 Å².